The third-order valence-electron chi connectivity index (χ3n) is 5.18. The summed E-state index contributed by atoms with van der Waals surface area (Å²) in [7, 11) is 1.34. The van der Waals surface area contributed by atoms with Crippen LogP contribution in [-0.4, -0.2) is 71.6 Å². The Morgan fingerprint density at radius 2 is 1.92 bits per heavy atom. The molecule has 0 radical (unpaired) electrons. The summed E-state index contributed by atoms with van der Waals surface area (Å²) in [6.45, 7) is 5.27. The number of morpholine rings is 1. The van der Waals surface area contributed by atoms with Crippen molar-refractivity contribution in [3.8, 4) is 5.75 Å². The van der Waals surface area contributed by atoms with Crippen LogP contribution < -0.4 is 9.64 Å². The summed E-state index contributed by atoms with van der Waals surface area (Å²) in [6, 6.07) is 9.07. The number of benzene rings is 1. The zero-order valence-electron chi connectivity index (χ0n) is 19.6. The van der Waals surface area contributed by atoms with Gasteiger partial charge in [0.05, 0.1) is 26.0 Å². The average molecular weight is 503 g/mol. The number of ether oxygens (including phenoxy) is 2. The highest BCUT2D eigenvalue weighted by Gasteiger charge is 2.31. The van der Waals surface area contributed by atoms with E-state index < -0.39 is 6.36 Å². The lowest BCUT2D eigenvalue weighted by Crippen LogP contribution is -2.36. The van der Waals surface area contributed by atoms with Crippen LogP contribution in [-0.2, 0) is 16.1 Å². The SMILES string of the molecule is CO/N=C(\N=C\c1nc(C)n(Cc2ccnc(N3CCOCC3)c2)n1)c1ccc(OC(F)(F)F)cc1. The van der Waals surface area contributed by atoms with E-state index in [0.29, 0.717) is 37.0 Å². The van der Waals surface area contributed by atoms with Gasteiger partial charge in [0.1, 0.15) is 24.5 Å². The minimum absolute atomic E-state index is 0.134. The van der Waals surface area contributed by atoms with Gasteiger partial charge in [0.2, 0.25) is 0 Å². The molecule has 1 saturated heterocycles. The molecular formula is C23H24F3N7O3. The summed E-state index contributed by atoms with van der Waals surface area (Å²) in [6.07, 6.45) is -1.59. The molecule has 190 valence electrons. The monoisotopic (exact) mass is 503 g/mol. The number of oxime groups is 1. The number of aromatic nitrogens is 4. The van der Waals surface area contributed by atoms with Gasteiger partial charge in [-0.3, -0.25) is 0 Å². The maximum absolute atomic E-state index is 12.4. The number of nitrogens with zero attached hydrogens (tertiary/aromatic N) is 7. The molecule has 2 aromatic heterocycles. The lowest BCUT2D eigenvalue weighted by Gasteiger charge is -2.28. The summed E-state index contributed by atoms with van der Waals surface area (Å²) < 4.78 is 48.2. The van der Waals surface area contributed by atoms with Gasteiger partial charge < -0.3 is 19.2 Å². The van der Waals surface area contributed by atoms with Gasteiger partial charge in [0.15, 0.2) is 11.7 Å². The van der Waals surface area contributed by atoms with E-state index >= 15 is 0 Å². The van der Waals surface area contributed by atoms with Gasteiger partial charge in [0.25, 0.3) is 0 Å². The summed E-state index contributed by atoms with van der Waals surface area (Å²) in [5.41, 5.74) is 1.44. The minimum atomic E-state index is -4.77. The Labute approximate surface area is 205 Å². The van der Waals surface area contributed by atoms with Crippen LogP contribution in [0.1, 0.15) is 22.8 Å². The van der Waals surface area contributed by atoms with Gasteiger partial charge in [-0.2, -0.15) is 0 Å². The second kappa shape index (κ2) is 11.2. The molecule has 1 aliphatic heterocycles. The summed E-state index contributed by atoms with van der Waals surface area (Å²) in [5.74, 6) is 1.70. The topological polar surface area (TPSA) is 99.2 Å². The predicted molar refractivity (Wildman–Crippen MR) is 125 cm³/mol. The number of rotatable bonds is 7. The van der Waals surface area contributed by atoms with Gasteiger partial charge in [-0.15, -0.1) is 18.3 Å². The number of aryl methyl sites for hydroxylation is 1. The molecule has 0 spiro atoms. The van der Waals surface area contributed by atoms with Crippen molar-refractivity contribution in [2.24, 2.45) is 10.1 Å². The Balaban J connectivity index is 1.46. The van der Waals surface area contributed by atoms with Crippen molar-refractivity contribution >= 4 is 17.9 Å². The van der Waals surface area contributed by atoms with E-state index in [-0.39, 0.29) is 11.6 Å². The molecule has 0 unspecified atom stereocenters. The number of hydrogen-bond acceptors (Lipinski definition) is 8. The fourth-order valence-corrected chi connectivity index (χ4v) is 3.51. The Bertz CT molecular complexity index is 1220. The molecule has 0 saturated carbocycles. The largest absolute Gasteiger partial charge is 0.573 e. The molecular weight excluding hydrogens is 479 g/mol. The van der Waals surface area contributed by atoms with Crippen molar-refractivity contribution in [2.75, 3.05) is 38.3 Å². The highest BCUT2D eigenvalue weighted by atomic mass is 19.4. The first-order valence-corrected chi connectivity index (χ1v) is 11.0. The van der Waals surface area contributed by atoms with Crippen molar-refractivity contribution in [3.05, 3.63) is 65.4 Å². The van der Waals surface area contributed by atoms with Crippen molar-refractivity contribution in [1.29, 1.82) is 0 Å². The van der Waals surface area contributed by atoms with Crippen LogP contribution in [0, 0.1) is 6.92 Å². The molecule has 0 atom stereocenters. The summed E-state index contributed by atoms with van der Waals surface area (Å²) in [4.78, 5) is 20.2. The molecule has 36 heavy (non-hydrogen) atoms. The highest BCUT2D eigenvalue weighted by molar-refractivity contribution is 6.04. The molecule has 3 aromatic rings. The van der Waals surface area contributed by atoms with Crippen LogP contribution in [0.2, 0.25) is 0 Å². The normalized spacial score (nSPS) is 14.9. The summed E-state index contributed by atoms with van der Waals surface area (Å²) >= 11 is 0. The van der Waals surface area contributed by atoms with Crippen LogP contribution in [0.5, 0.6) is 5.75 Å². The maximum Gasteiger partial charge on any atom is 0.573 e. The van der Waals surface area contributed by atoms with Crippen LogP contribution in [0.15, 0.2) is 52.7 Å². The van der Waals surface area contributed by atoms with E-state index in [0.717, 1.165) is 24.5 Å². The standard InChI is InChI=1S/C23H24F3N7O3/c1-16-29-20(14-28-22(31-34-2)18-3-5-19(6-4-18)36-23(24,25)26)30-33(16)15-17-7-8-27-21(13-17)32-9-11-35-12-10-32/h3-8,13-14H,9-12,15H2,1-2H3/b28-14+,31-22-. The van der Waals surface area contributed by atoms with E-state index in [1.807, 2.05) is 19.1 Å². The minimum Gasteiger partial charge on any atom is -0.406 e. The highest BCUT2D eigenvalue weighted by Crippen LogP contribution is 2.23. The maximum atomic E-state index is 12.4. The van der Waals surface area contributed by atoms with E-state index in [4.69, 9.17) is 9.57 Å². The van der Waals surface area contributed by atoms with Crippen molar-refractivity contribution in [2.45, 2.75) is 19.8 Å². The van der Waals surface area contributed by atoms with Crippen molar-refractivity contribution in [3.63, 3.8) is 0 Å². The molecule has 4 rings (SSSR count). The first-order valence-electron chi connectivity index (χ1n) is 11.0. The van der Waals surface area contributed by atoms with Crippen LogP contribution in [0.4, 0.5) is 19.0 Å². The zero-order valence-corrected chi connectivity index (χ0v) is 19.6. The molecule has 1 aromatic carbocycles. The third kappa shape index (κ3) is 6.78. The molecule has 3 heterocycles. The Kier molecular flexibility index (Phi) is 7.78. The third-order valence-corrected chi connectivity index (χ3v) is 5.18. The number of alkyl halides is 3. The Hall–Kier alpha value is -4.00. The molecule has 10 nitrogen and oxygen atoms in total. The number of anilines is 1. The average Bonchev–Trinajstić information content (AvgIpc) is 3.21. The lowest BCUT2D eigenvalue weighted by molar-refractivity contribution is -0.274. The lowest BCUT2D eigenvalue weighted by atomic mass is 10.2. The van der Waals surface area contributed by atoms with Gasteiger partial charge in [0, 0.05) is 24.8 Å². The number of pyridine rings is 1. The number of hydrogen-bond donors (Lipinski definition) is 0. The number of amidine groups is 1. The zero-order chi connectivity index (χ0) is 25.5. The Morgan fingerprint density at radius 1 is 1.17 bits per heavy atom. The van der Waals surface area contributed by atoms with Gasteiger partial charge in [-0.1, -0.05) is 5.16 Å². The van der Waals surface area contributed by atoms with Crippen LogP contribution in [0.25, 0.3) is 0 Å². The number of aliphatic imine (C=N–C) groups is 1. The van der Waals surface area contributed by atoms with E-state index in [2.05, 4.69) is 34.9 Å². The molecule has 1 aliphatic rings. The first-order chi connectivity index (χ1) is 17.3. The van der Waals surface area contributed by atoms with Gasteiger partial charge in [-0.05, 0) is 48.9 Å². The second-order valence-corrected chi connectivity index (χ2v) is 7.72. The Morgan fingerprint density at radius 3 is 2.61 bits per heavy atom. The fourth-order valence-electron chi connectivity index (χ4n) is 3.51. The number of halogens is 3. The fraction of sp³-hybridized carbons (Fsp3) is 0.348. The van der Waals surface area contributed by atoms with Crippen LogP contribution >= 0.6 is 0 Å². The molecule has 0 aliphatic carbocycles. The van der Waals surface area contributed by atoms with Gasteiger partial charge >= 0.3 is 6.36 Å². The van der Waals surface area contributed by atoms with Gasteiger partial charge in [-0.25, -0.2) is 19.6 Å². The van der Waals surface area contributed by atoms with Crippen LogP contribution in [0.3, 0.4) is 0 Å². The van der Waals surface area contributed by atoms with Crippen molar-refractivity contribution in [1.82, 2.24) is 19.7 Å². The smallest absolute Gasteiger partial charge is 0.406 e. The molecule has 0 bridgehead atoms. The van der Waals surface area contributed by atoms with E-state index in [1.54, 1.807) is 10.9 Å². The van der Waals surface area contributed by atoms with E-state index in [1.165, 1.54) is 37.6 Å². The predicted octanol–water partition coefficient (Wildman–Crippen LogP) is 3.19. The van der Waals surface area contributed by atoms with E-state index in [9.17, 15) is 13.2 Å². The van der Waals surface area contributed by atoms with Crippen molar-refractivity contribution < 1.29 is 27.5 Å². The molecule has 1 fully saturated rings. The molecule has 0 amide bonds. The quantitative estimate of drug-likeness (QED) is 0.277. The second-order valence-electron chi connectivity index (χ2n) is 7.72. The first kappa shape index (κ1) is 25.1. The molecule has 0 N–H and O–H groups in total. The molecule has 13 heteroatoms. The summed E-state index contributed by atoms with van der Waals surface area (Å²) in [5, 5.41) is 8.33.